The zero-order valence-corrected chi connectivity index (χ0v) is 10.6. The molecule has 0 spiro atoms. The third-order valence-corrected chi connectivity index (χ3v) is 3.28. The highest BCUT2D eigenvalue weighted by Crippen LogP contribution is 2.22. The number of hydrogen-bond acceptors (Lipinski definition) is 3. The first-order valence-corrected chi connectivity index (χ1v) is 6.31. The average molecular weight is 249 g/mol. The highest BCUT2D eigenvalue weighted by molar-refractivity contribution is 5.66. The van der Waals surface area contributed by atoms with E-state index >= 15 is 0 Å². The summed E-state index contributed by atoms with van der Waals surface area (Å²) >= 11 is 0. The van der Waals surface area contributed by atoms with E-state index in [9.17, 15) is 4.79 Å². The number of aliphatic carboxylic acids is 1. The van der Waals surface area contributed by atoms with Gasteiger partial charge in [0.25, 0.3) is 0 Å². The summed E-state index contributed by atoms with van der Waals surface area (Å²) in [5.74, 6) is -0.758. The Balaban J connectivity index is 1.98. The van der Waals surface area contributed by atoms with Crippen LogP contribution in [0.15, 0.2) is 24.3 Å². The first-order valence-electron chi connectivity index (χ1n) is 6.31. The van der Waals surface area contributed by atoms with Crippen LogP contribution in [-0.4, -0.2) is 36.9 Å². The highest BCUT2D eigenvalue weighted by atomic mass is 16.5. The van der Waals surface area contributed by atoms with Gasteiger partial charge in [-0.15, -0.1) is 0 Å². The van der Waals surface area contributed by atoms with E-state index in [4.69, 9.17) is 9.84 Å². The minimum Gasteiger partial charge on any atom is -0.481 e. The summed E-state index contributed by atoms with van der Waals surface area (Å²) in [6, 6.07) is 8.26. The lowest BCUT2D eigenvalue weighted by molar-refractivity contribution is -0.137. The molecule has 0 radical (unpaired) electrons. The van der Waals surface area contributed by atoms with Crippen molar-refractivity contribution in [3.8, 4) is 0 Å². The van der Waals surface area contributed by atoms with Crippen molar-refractivity contribution in [2.75, 3.05) is 24.6 Å². The Morgan fingerprint density at radius 3 is 3.00 bits per heavy atom. The normalized spacial score (nSPS) is 19.8. The molecule has 1 unspecified atom stereocenters. The van der Waals surface area contributed by atoms with Crippen LogP contribution >= 0.6 is 0 Å². The third-order valence-electron chi connectivity index (χ3n) is 3.28. The topological polar surface area (TPSA) is 49.8 Å². The van der Waals surface area contributed by atoms with Crippen LogP contribution in [0.2, 0.25) is 0 Å². The van der Waals surface area contributed by atoms with Crippen molar-refractivity contribution >= 4 is 11.7 Å². The highest BCUT2D eigenvalue weighted by Gasteiger charge is 2.21. The molecule has 1 aliphatic heterocycles. The SMILES string of the molecule is Cc1ccccc1N1CCOC(CCC(=O)O)C1. The smallest absolute Gasteiger partial charge is 0.303 e. The lowest BCUT2D eigenvalue weighted by Gasteiger charge is -2.35. The summed E-state index contributed by atoms with van der Waals surface area (Å²) in [7, 11) is 0. The van der Waals surface area contributed by atoms with Crippen LogP contribution in [0, 0.1) is 6.92 Å². The van der Waals surface area contributed by atoms with Gasteiger partial charge < -0.3 is 14.7 Å². The van der Waals surface area contributed by atoms with Crippen LogP contribution in [0.1, 0.15) is 18.4 Å². The average Bonchev–Trinajstić information content (AvgIpc) is 2.37. The molecule has 0 saturated carbocycles. The van der Waals surface area contributed by atoms with E-state index in [-0.39, 0.29) is 12.5 Å². The maximum atomic E-state index is 10.6. The number of carboxylic acids is 1. The predicted molar refractivity (Wildman–Crippen MR) is 70.0 cm³/mol. The number of carbonyl (C=O) groups is 1. The van der Waals surface area contributed by atoms with Gasteiger partial charge >= 0.3 is 5.97 Å². The van der Waals surface area contributed by atoms with E-state index in [2.05, 4.69) is 24.0 Å². The second-order valence-electron chi connectivity index (χ2n) is 4.66. The van der Waals surface area contributed by atoms with Crippen LogP contribution < -0.4 is 4.90 Å². The van der Waals surface area contributed by atoms with E-state index in [0.29, 0.717) is 13.0 Å². The van der Waals surface area contributed by atoms with Gasteiger partial charge in [0.05, 0.1) is 12.7 Å². The first kappa shape index (κ1) is 12.9. The minimum atomic E-state index is -0.758. The van der Waals surface area contributed by atoms with Crippen LogP contribution in [0.5, 0.6) is 0 Å². The van der Waals surface area contributed by atoms with Crippen molar-refractivity contribution in [2.24, 2.45) is 0 Å². The predicted octanol–water partition coefficient (Wildman–Crippen LogP) is 2.07. The van der Waals surface area contributed by atoms with Crippen molar-refractivity contribution in [3.63, 3.8) is 0 Å². The number of aryl methyl sites for hydroxylation is 1. The first-order chi connectivity index (χ1) is 8.66. The Morgan fingerprint density at radius 2 is 2.28 bits per heavy atom. The summed E-state index contributed by atoms with van der Waals surface area (Å²) < 4.78 is 5.61. The largest absolute Gasteiger partial charge is 0.481 e. The van der Waals surface area contributed by atoms with E-state index in [1.165, 1.54) is 11.3 Å². The van der Waals surface area contributed by atoms with Crippen LogP contribution in [0.3, 0.4) is 0 Å². The molecule has 0 bridgehead atoms. The van der Waals surface area contributed by atoms with Gasteiger partial charge in [0.2, 0.25) is 0 Å². The molecule has 1 atom stereocenters. The second-order valence-corrected chi connectivity index (χ2v) is 4.66. The number of para-hydroxylation sites is 1. The van der Waals surface area contributed by atoms with Gasteiger partial charge in [-0.2, -0.15) is 0 Å². The fourth-order valence-corrected chi connectivity index (χ4v) is 2.32. The lowest BCUT2D eigenvalue weighted by Crippen LogP contribution is -2.43. The van der Waals surface area contributed by atoms with Gasteiger partial charge in [0, 0.05) is 25.2 Å². The van der Waals surface area contributed by atoms with Gasteiger partial charge in [0.15, 0.2) is 0 Å². The minimum absolute atomic E-state index is 0.0226. The monoisotopic (exact) mass is 249 g/mol. The van der Waals surface area contributed by atoms with Crippen LogP contribution in [0.25, 0.3) is 0 Å². The Morgan fingerprint density at radius 1 is 1.50 bits per heavy atom. The molecule has 1 heterocycles. The fourth-order valence-electron chi connectivity index (χ4n) is 2.32. The molecule has 2 rings (SSSR count). The molecule has 18 heavy (non-hydrogen) atoms. The van der Waals surface area contributed by atoms with Crippen molar-refractivity contribution in [1.29, 1.82) is 0 Å². The summed E-state index contributed by atoms with van der Waals surface area (Å²) in [4.78, 5) is 12.9. The molecule has 4 heteroatoms. The molecular weight excluding hydrogens is 230 g/mol. The van der Waals surface area contributed by atoms with Crippen LogP contribution in [0.4, 0.5) is 5.69 Å². The Hall–Kier alpha value is -1.55. The van der Waals surface area contributed by atoms with Crippen molar-refractivity contribution in [1.82, 2.24) is 0 Å². The number of hydrogen-bond donors (Lipinski definition) is 1. The molecule has 1 fully saturated rings. The van der Waals surface area contributed by atoms with Crippen LogP contribution in [-0.2, 0) is 9.53 Å². The Kier molecular flexibility index (Phi) is 4.20. The molecule has 1 aromatic carbocycles. The van der Waals surface area contributed by atoms with Crippen molar-refractivity contribution in [3.05, 3.63) is 29.8 Å². The maximum absolute atomic E-state index is 10.6. The lowest BCUT2D eigenvalue weighted by atomic mass is 10.1. The van der Waals surface area contributed by atoms with Gasteiger partial charge in [-0.25, -0.2) is 0 Å². The van der Waals surface area contributed by atoms with E-state index in [1.54, 1.807) is 0 Å². The standard InChI is InChI=1S/C14H19NO3/c1-11-4-2-3-5-13(11)15-8-9-18-12(10-15)6-7-14(16)17/h2-5,12H,6-10H2,1H3,(H,16,17). The number of ether oxygens (including phenoxy) is 1. The van der Waals surface area contributed by atoms with Crippen molar-refractivity contribution < 1.29 is 14.6 Å². The molecule has 0 amide bonds. The molecular formula is C14H19NO3. The van der Waals surface area contributed by atoms with Crippen molar-refractivity contribution in [2.45, 2.75) is 25.9 Å². The molecule has 4 nitrogen and oxygen atoms in total. The van der Waals surface area contributed by atoms with E-state index < -0.39 is 5.97 Å². The molecule has 1 aliphatic rings. The zero-order chi connectivity index (χ0) is 13.0. The van der Waals surface area contributed by atoms with E-state index in [0.717, 1.165) is 13.1 Å². The third kappa shape index (κ3) is 3.23. The van der Waals surface area contributed by atoms with E-state index in [1.807, 2.05) is 12.1 Å². The quantitative estimate of drug-likeness (QED) is 0.887. The zero-order valence-electron chi connectivity index (χ0n) is 10.6. The number of morpholine rings is 1. The molecule has 1 saturated heterocycles. The summed E-state index contributed by atoms with van der Waals surface area (Å²) in [5, 5.41) is 8.70. The number of rotatable bonds is 4. The maximum Gasteiger partial charge on any atom is 0.303 e. The summed E-state index contributed by atoms with van der Waals surface area (Å²) in [5.41, 5.74) is 2.47. The van der Waals surface area contributed by atoms with Gasteiger partial charge in [-0.1, -0.05) is 18.2 Å². The number of nitrogens with zero attached hydrogens (tertiary/aromatic N) is 1. The number of carboxylic acid groups (broad SMARTS) is 1. The number of benzene rings is 1. The Bertz CT molecular complexity index is 419. The molecule has 0 aromatic heterocycles. The molecule has 0 aliphatic carbocycles. The van der Waals surface area contributed by atoms with Gasteiger partial charge in [-0.3, -0.25) is 4.79 Å². The molecule has 1 N–H and O–H groups in total. The van der Waals surface area contributed by atoms with Gasteiger partial charge in [0.1, 0.15) is 0 Å². The molecule has 98 valence electrons. The number of anilines is 1. The molecule has 1 aromatic rings. The summed E-state index contributed by atoms with van der Waals surface area (Å²) in [6.07, 6.45) is 0.777. The van der Waals surface area contributed by atoms with Gasteiger partial charge in [-0.05, 0) is 25.0 Å². The fraction of sp³-hybridized carbons (Fsp3) is 0.500. The summed E-state index contributed by atoms with van der Waals surface area (Å²) in [6.45, 7) is 4.40. The Labute approximate surface area is 107 Å². The second kappa shape index (κ2) is 5.87.